The molecule has 1 fully saturated rings. The van der Waals surface area contributed by atoms with Gasteiger partial charge in [-0.3, -0.25) is 4.31 Å². The van der Waals surface area contributed by atoms with E-state index in [-0.39, 0.29) is 17.1 Å². The molecule has 4 aromatic carbocycles. The molecule has 5 nitrogen and oxygen atoms in total. The summed E-state index contributed by atoms with van der Waals surface area (Å²) >= 11 is 0. The fraction of sp³-hybridized carbons (Fsp3) is 0.273. The SMILES string of the molecule is O=S(=O)(c1ccc(-c2ccccc2)cc1)N(Cc1ccccc1OCCCN1CCCCC1)c1cc(F)ccc1F. The number of sulfonamides is 1. The second-order valence-electron chi connectivity index (χ2n) is 10.2. The van der Waals surface area contributed by atoms with Crippen LogP contribution in [0.3, 0.4) is 0 Å². The molecule has 4 aromatic rings. The lowest BCUT2D eigenvalue weighted by Gasteiger charge is -2.27. The van der Waals surface area contributed by atoms with Crippen molar-refractivity contribution >= 4 is 15.7 Å². The Balaban J connectivity index is 1.41. The van der Waals surface area contributed by atoms with E-state index in [4.69, 9.17) is 4.74 Å². The number of para-hydroxylation sites is 1. The maximum Gasteiger partial charge on any atom is 0.264 e. The van der Waals surface area contributed by atoms with E-state index in [2.05, 4.69) is 4.90 Å². The van der Waals surface area contributed by atoms with Crippen LogP contribution in [0.1, 0.15) is 31.2 Å². The van der Waals surface area contributed by atoms with Gasteiger partial charge < -0.3 is 9.64 Å². The first-order chi connectivity index (χ1) is 19.9. The van der Waals surface area contributed by atoms with Crippen LogP contribution in [-0.2, 0) is 16.6 Å². The molecule has 5 rings (SSSR count). The number of ether oxygens (including phenoxy) is 1. The van der Waals surface area contributed by atoms with Crippen LogP contribution in [0, 0.1) is 11.6 Å². The molecule has 0 aliphatic carbocycles. The number of hydrogen-bond donors (Lipinski definition) is 0. The molecule has 0 bridgehead atoms. The summed E-state index contributed by atoms with van der Waals surface area (Å²) < 4.78 is 64.3. The summed E-state index contributed by atoms with van der Waals surface area (Å²) in [5.74, 6) is -1.05. The van der Waals surface area contributed by atoms with Crippen LogP contribution < -0.4 is 9.04 Å². The number of rotatable bonds is 11. The van der Waals surface area contributed by atoms with Gasteiger partial charge >= 0.3 is 0 Å². The van der Waals surface area contributed by atoms with Gasteiger partial charge in [0.2, 0.25) is 0 Å². The maximum atomic E-state index is 15.1. The van der Waals surface area contributed by atoms with Crippen molar-refractivity contribution in [1.82, 2.24) is 4.90 Å². The van der Waals surface area contributed by atoms with Crippen molar-refractivity contribution in [3.63, 3.8) is 0 Å². The molecule has 1 aliphatic heterocycles. The lowest BCUT2D eigenvalue weighted by Crippen LogP contribution is -2.32. The van der Waals surface area contributed by atoms with Crippen molar-refractivity contribution in [2.24, 2.45) is 0 Å². The Bertz CT molecular complexity index is 1540. The highest BCUT2D eigenvalue weighted by molar-refractivity contribution is 7.92. The third kappa shape index (κ3) is 7.13. The van der Waals surface area contributed by atoms with E-state index in [1.54, 1.807) is 30.3 Å². The molecule has 1 aliphatic rings. The maximum absolute atomic E-state index is 15.1. The zero-order valence-electron chi connectivity index (χ0n) is 22.9. The van der Waals surface area contributed by atoms with Gasteiger partial charge in [-0.15, -0.1) is 0 Å². The average Bonchev–Trinajstić information content (AvgIpc) is 3.01. The van der Waals surface area contributed by atoms with E-state index in [1.807, 2.05) is 36.4 Å². The summed E-state index contributed by atoms with van der Waals surface area (Å²) in [6, 6.07) is 25.9. The molecule has 0 aromatic heterocycles. The van der Waals surface area contributed by atoms with E-state index in [9.17, 15) is 12.8 Å². The second kappa shape index (κ2) is 13.3. The quantitative estimate of drug-likeness (QED) is 0.176. The van der Waals surface area contributed by atoms with Crippen molar-refractivity contribution in [2.45, 2.75) is 37.1 Å². The minimum Gasteiger partial charge on any atom is -0.493 e. The molecule has 0 radical (unpaired) electrons. The van der Waals surface area contributed by atoms with Gasteiger partial charge in [-0.2, -0.15) is 0 Å². The fourth-order valence-electron chi connectivity index (χ4n) is 5.14. The highest BCUT2D eigenvalue weighted by atomic mass is 32.2. The van der Waals surface area contributed by atoms with E-state index < -0.39 is 21.7 Å². The van der Waals surface area contributed by atoms with Crippen LogP contribution >= 0.6 is 0 Å². The molecule has 1 saturated heterocycles. The highest BCUT2D eigenvalue weighted by Crippen LogP contribution is 2.32. The van der Waals surface area contributed by atoms with Crippen molar-refractivity contribution in [2.75, 3.05) is 30.5 Å². The summed E-state index contributed by atoms with van der Waals surface area (Å²) in [6.45, 7) is 3.39. The number of hydrogen-bond acceptors (Lipinski definition) is 4. The first-order valence-corrected chi connectivity index (χ1v) is 15.4. The van der Waals surface area contributed by atoms with Gasteiger partial charge in [-0.1, -0.05) is 67.1 Å². The average molecular weight is 577 g/mol. The molecule has 0 atom stereocenters. The molecule has 0 unspecified atom stereocenters. The zero-order chi connectivity index (χ0) is 28.7. The van der Waals surface area contributed by atoms with E-state index in [1.165, 1.54) is 31.4 Å². The molecule has 0 N–H and O–H groups in total. The predicted molar refractivity (Wildman–Crippen MR) is 158 cm³/mol. The predicted octanol–water partition coefficient (Wildman–Crippen LogP) is 7.28. The largest absolute Gasteiger partial charge is 0.493 e. The number of likely N-dealkylation sites (tertiary alicyclic amines) is 1. The summed E-state index contributed by atoms with van der Waals surface area (Å²) in [5, 5.41) is 0. The minimum absolute atomic E-state index is 0.0271. The highest BCUT2D eigenvalue weighted by Gasteiger charge is 2.29. The number of halogens is 2. The number of nitrogens with zero attached hydrogens (tertiary/aromatic N) is 2. The Hall–Kier alpha value is -3.75. The van der Waals surface area contributed by atoms with Gasteiger partial charge in [0.05, 0.1) is 23.7 Å². The van der Waals surface area contributed by atoms with Crippen molar-refractivity contribution in [3.05, 3.63) is 114 Å². The van der Waals surface area contributed by atoms with Crippen LogP contribution in [0.25, 0.3) is 11.1 Å². The standard InChI is InChI=1S/C33H34F2N2O3S/c34-29-16-19-31(35)32(24-29)37(41(38,39)30-17-14-27(15-18-30)26-10-3-1-4-11-26)25-28-12-5-6-13-33(28)40-23-9-22-36-20-7-2-8-21-36/h1,3-6,10-19,24H,2,7-9,20-23,25H2. The number of piperidine rings is 1. The molecule has 8 heteroatoms. The Morgan fingerprint density at radius 3 is 2.22 bits per heavy atom. The monoisotopic (exact) mass is 576 g/mol. The van der Waals surface area contributed by atoms with Gasteiger partial charge in [0.15, 0.2) is 0 Å². The Labute approximate surface area is 241 Å². The number of benzene rings is 4. The molecule has 1 heterocycles. The lowest BCUT2D eigenvalue weighted by molar-refractivity contribution is 0.204. The summed E-state index contributed by atoms with van der Waals surface area (Å²) in [7, 11) is -4.28. The normalized spacial score (nSPS) is 14.1. The van der Waals surface area contributed by atoms with Gasteiger partial charge in [-0.25, -0.2) is 17.2 Å². The first kappa shape index (κ1) is 28.8. The topological polar surface area (TPSA) is 49.9 Å². The molecular formula is C33H34F2N2O3S. The fourth-order valence-corrected chi connectivity index (χ4v) is 6.58. The number of anilines is 1. The molecule has 0 saturated carbocycles. The van der Waals surface area contributed by atoms with Gasteiger partial charge in [0.1, 0.15) is 17.4 Å². The molecule has 0 spiro atoms. The van der Waals surface area contributed by atoms with Gasteiger partial charge in [0.25, 0.3) is 10.0 Å². The van der Waals surface area contributed by atoms with Crippen LogP contribution in [-0.4, -0.2) is 39.6 Å². The summed E-state index contributed by atoms with van der Waals surface area (Å²) in [6.07, 6.45) is 4.56. The van der Waals surface area contributed by atoms with Crippen molar-refractivity contribution < 1.29 is 21.9 Å². The van der Waals surface area contributed by atoms with E-state index >= 15 is 4.39 Å². The van der Waals surface area contributed by atoms with Crippen molar-refractivity contribution in [3.8, 4) is 16.9 Å². The third-order valence-electron chi connectivity index (χ3n) is 7.34. The minimum atomic E-state index is -4.28. The van der Waals surface area contributed by atoms with Gasteiger partial charge in [-0.05, 0) is 73.8 Å². The Morgan fingerprint density at radius 2 is 1.46 bits per heavy atom. The molecule has 41 heavy (non-hydrogen) atoms. The third-order valence-corrected chi connectivity index (χ3v) is 9.11. The Morgan fingerprint density at radius 1 is 0.780 bits per heavy atom. The van der Waals surface area contributed by atoms with E-state index in [0.717, 1.165) is 59.7 Å². The first-order valence-electron chi connectivity index (χ1n) is 14.0. The van der Waals surface area contributed by atoms with E-state index in [0.29, 0.717) is 17.9 Å². The van der Waals surface area contributed by atoms with Crippen LogP contribution in [0.5, 0.6) is 5.75 Å². The van der Waals surface area contributed by atoms with Crippen LogP contribution in [0.4, 0.5) is 14.5 Å². The van der Waals surface area contributed by atoms with Gasteiger partial charge in [0, 0.05) is 18.2 Å². The smallest absolute Gasteiger partial charge is 0.264 e. The second-order valence-corrected chi connectivity index (χ2v) is 12.1. The Kier molecular flexibility index (Phi) is 9.31. The van der Waals surface area contributed by atoms with Crippen LogP contribution in [0.15, 0.2) is 102 Å². The van der Waals surface area contributed by atoms with Crippen molar-refractivity contribution in [1.29, 1.82) is 0 Å². The molecular weight excluding hydrogens is 542 g/mol. The lowest BCUT2D eigenvalue weighted by atomic mass is 10.1. The van der Waals surface area contributed by atoms with Crippen LogP contribution in [0.2, 0.25) is 0 Å². The summed E-state index contributed by atoms with van der Waals surface area (Å²) in [4.78, 5) is 2.41. The molecule has 0 amide bonds. The summed E-state index contributed by atoms with van der Waals surface area (Å²) in [5.41, 5.74) is 1.97. The zero-order valence-corrected chi connectivity index (χ0v) is 23.7. The molecule has 214 valence electrons.